The van der Waals surface area contributed by atoms with E-state index in [1.807, 2.05) is 75.3 Å². The zero-order valence-corrected chi connectivity index (χ0v) is 19.7. The van der Waals surface area contributed by atoms with Crippen LogP contribution in [0.4, 0.5) is 17.1 Å². The number of rotatable bonds is 6. The van der Waals surface area contributed by atoms with Crippen LogP contribution in [0.25, 0.3) is 5.69 Å². The largest absolute Gasteiger partial charge is 0.378 e. The first-order valence-corrected chi connectivity index (χ1v) is 11.0. The predicted molar refractivity (Wildman–Crippen MR) is 136 cm³/mol. The number of carbonyl (C=O) groups excluding carboxylic acids is 2. The monoisotopic (exact) mass is 453 g/mol. The van der Waals surface area contributed by atoms with Gasteiger partial charge < -0.3 is 15.5 Å². The van der Waals surface area contributed by atoms with Gasteiger partial charge in [-0.25, -0.2) is 4.68 Å². The Morgan fingerprint density at radius 3 is 2.12 bits per heavy atom. The summed E-state index contributed by atoms with van der Waals surface area (Å²) in [4.78, 5) is 28.0. The first-order valence-electron chi connectivity index (χ1n) is 11.0. The van der Waals surface area contributed by atoms with Gasteiger partial charge in [-0.2, -0.15) is 5.10 Å². The molecule has 0 aliphatic rings. The molecule has 0 spiro atoms. The van der Waals surface area contributed by atoms with Crippen molar-refractivity contribution in [2.24, 2.45) is 0 Å². The van der Waals surface area contributed by atoms with E-state index in [0.717, 1.165) is 17.1 Å². The van der Waals surface area contributed by atoms with Gasteiger partial charge in [0.05, 0.1) is 34.0 Å². The average molecular weight is 454 g/mol. The van der Waals surface area contributed by atoms with Crippen LogP contribution in [0.1, 0.15) is 32.1 Å². The average Bonchev–Trinajstić information content (AvgIpc) is 3.13. The minimum atomic E-state index is -0.322. The first-order chi connectivity index (χ1) is 16.3. The lowest BCUT2D eigenvalue weighted by Gasteiger charge is -2.14. The van der Waals surface area contributed by atoms with Gasteiger partial charge in [0.1, 0.15) is 0 Å². The molecule has 1 aromatic heterocycles. The highest BCUT2D eigenvalue weighted by Crippen LogP contribution is 2.25. The highest BCUT2D eigenvalue weighted by molar-refractivity contribution is 6.12. The number of nitrogens with one attached hydrogen (secondary N) is 2. The number of benzene rings is 3. The summed E-state index contributed by atoms with van der Waals surface area (Å²) in [6, 6.07) is 24.0. The third-order valence-corrected chi connectivity index (χ3v) is 5.60. The van der Waals surface area contributed by atoms with Gasteiger partial charge in [-0.3, -0.25) is 9.59 Å². The van der Waals surface area contributed by atoms with Crippen molar-refractivity contribution in [2.75, 3.05) is 29.6 Å². The Kier molecular flexibility index (Phi) is 6.45. The summed E-state index contributed by atoms with van der Waals surface area (Å²) in [6.45, 7) is 3.76. The highest BCUT2D eigenvalue weighted by Gasteiger charge is 2.19. The Labute approximate surface area is 199 Å². The molecule has 0 saturated carbocycles. The second-order valence-corrected chi connectivity index (χ2v) is 8.19. The number of hydrogen-bond donors (Lipinski definition) is 2. The summed E-state index contributed by atoms with van der Waals surface area (Å²) in [6.07, 6.45) is 0. The minimum Gasteiger partial charge on any atom is -0.378 e. The molecule has 1 heterocycles. The van der Waals surface area contributed by atoms with E-state index in [-0.39, 0.29) is 11.8 Å². The molecule has 2 N–H and O–H groups in total. The molecule has 0 bridgehead atoms. The molecule has 0 radical (unpaired) electrons. The van der Waals surface area contributed by atoms with Gasteiger partial charge >= 0.3 is 0 Å². The number of nitrogens with zero attached hydrogens (tertiary/aromatic N) is 3. The number of aryl methyl sites for hydroxylation is 1. The van der Waals surface area contributed by atoms with Crippen LogP contribution in [0.3, 0.4) is 0 Å². The van der Waals surface area contributed by atoms with E-state index in [9.17, 15) is 9.59 Å². The van der Waals surface area contributed by atoms with E-state index in [0.29, 0.717) is 28.2 Å². The van der Waals surface area contributed by atoms with Crippen LogP contribution in [0.2, 0.25) is 0 Å². The smallest absolute Gasteiger partial charge is 0.257 e. The Morgan fingerprint density at radius 1 is 0.794 bits per heavy atom. The second kappa shape index (κ2) is 9.62. The summed E-state index contributed by atoms with van der Waals surface area (Å²) < 4.78 is 1.80. The standard InChI is InChI=1S/C27H27N5O2/c1-18-25(19(2)32(30-18)22-10-6-5-7-11-22)29-27(34)23-12-8-9-13-24(23)28-26(33)20-14-16-21(17-15-20)31(3)4/h5-17H,1-4H3,(H,28,33)(H,29,34). The molecule has 0 aliphatic carbocycles. The molecule has 0 fully saturated rings. The molecule has 4 rings (SSSR count). The lowest BCUT2D eigenvalue weighted by Crippen LogP contribution is -2.19. The molecule has 0 aliphatic heterocycles. The summed E-state index contributed by atoms with van der Waals surface area (Å²) >= 11 is 0. The van der Waals surface area contributed by atoms with Crippen LogP contribution in [-0.2, 0) is 0 Å². The van der Waals surface area contributed by atoms with E-state index >= 15 is 0 Å². The number of para-hydroxylation sites is 2. The molecule has 4 aromatic rings. The topological polar surface area (TPSA) is 79.3 Å². The van der Waals surface area contributed by atoms with Gasteiger partial charge in [0.25, 0.3) is 11.8 Å². The molecule has 34 heavy (non-hydrogen) atoms. The molecule has 7 heteroatoms. The lowest BCUT2D eigenvalue weighted by atomic mass is 10.1. The number of amides is 2. The SMILES string of the molecule is Cc1nn(-c2ccccc2)c(C)c1NC(=O)c1ccccc1NC(=O)c1ccc(N(C)C)cc1. The molecule has 3 aromatic carbocycles. The molecule has 0 unspecified atom stereocenters. The maximum Gasteiger partial charge on any atom is 0.257 e. The second-order valence-electron chi connectivity index (χ2n) is 8.19. The lowest BCUT2D eigenvalue weighted by molar-refractivity contribution is 0.102. The fourth-order valence-electron chi connectivity index (χ4n) is 3.72. The number of hydrogen-bond acceptors (Lipinski definition) is 4. The summed E-state index contributed by atoms with van der Waals surface area (Å²) in [5.41, 5.74) is 5.40. The number of aromatic nitrogens is 2. The van der Waals surface area contributed by atoms with Crippen LogP contribution < -0.4 is 15.5 Å². The third kappa shape index (κ3) is 4.68. The maximum atomic E-state index is 13.2. The van der Waals surface area contributed by atoms with Crippen molar-refractivity contribution in [3.63, 3.8) is 0 Å². The highest BCUT2D eigenvalue weighted by atomic mass is 16.2. The fraction of sp³-hybridized carbons (Fsp3) is 0.148. The zero-order valence-electron chi connectivity index (χ0n) is 19.7. The minimum absolute atomic E-state index is 0.283. The number of carbonyl (C=O) groups is 2. The van der Waals surface area contributed by atoms with Crippen LogP contribution in [-0.4, -0.2) is 35.7 Å². The van der Waals surface area contributed by atoms with E-state index in [4.69, 9.17) is 0 Å². The molecule has 0 saturated heterocycles. The van der Waals surface area contributed by atoms with E-state index < -0.39 is 0 Å². The Bertz CT molecular complexity index is 1330. The Morgan fingerprint density at radius 2 is 1.44 bits per heavy atom. The van der Waals surface area contributed by atoms with Crippen LogP contribution in [0, 0.1) is 13.8 Å². The van der Waals surface area contributed by atoms with Crippen molar-refractivity contribution in [1.82, 2.24) is 9.78 Å². The molecule has 172 valence electrons. The molecule has 2 amide bonds. The zero-order chi connectivity index (χ0) is 24.2. The molecule has 0 atom stereocenters. The van der Waals surface area contributed by atoms with Crippen molar-refractivity contribution in [3.8, 4) is 5.69 Å². The van der Waals surface area contributed by atoms with Crippen molar-refractivity contribution in [2.45, 2.75) is 13.8 Å². The van der Waals surface area contributed by atoms with Crippen LogP contribution in [0.15, 0.2) is 78.9 Å². The first kappa shape index (κ1) is 22.8. The van der Waals surface area contributed by atoms with Crippen molar-refractivity contribution < 1.29 is 9.59 Å². The maximum absolute atomic E-state index is 13.2. The van der Waals surface area contributed by atoms with Gasteiger partial charge in [0, 0.05) is 25.3 Å². The summed E-state index contributed by atoms with van der Waals surface area (Å²) in [5, 5.41) is 10.4. The van der Waals surface area contributed by atoms with Gasteiger partial charge in [-0.05, 0) is 62.4 Å². The van der Waals surface area contributed by atoms with E-state index in [2.05, 4.69) is 15.7 Å². The van der Waals surface area contributed by atoms with Gasteiger partial charge in [-0.1, -0.05) is 30.3 Å². The third-order valence-electron chi connectivity index (χ3n) is 5.60. The van der Waals surface area contributed by atoms with Crippen molar-refractivity contribution >= 4 is 28.9 Å². The normalized spacial score (nSPS) is 10.6. The summed E-state index contributed by atoms with van der Waals surface area (Å²) in [5.74, 6) is -0.604. The molecule has 7 nitrogen and oxygen atoms in total. The van der Waals surface area contributed by atoms with Crippen molar-refractivity contribution in [1.29, 1.82) is 0 Å². The van der Waals surface area contributed by atoms with E-state index in [1.165, 1.54) is 0 Å². The quantitative estimate of drug-likeness (QED) is 0.428. The van der Waals surface area contributed by atoms with Gasteiger partial charge in [0.15, 0.2) is 0 Å². The molecular weight excluding hydrogens is 426 g/mol. The van der Waals surface area contributed by atoms with Gasteiger partial charge in [-0.15, -0.1) is 0 Å². The van der Waals surface area contributed by atoms with Crippen LogP contribution in [0.5, 0.6) is 0 Å². The van der Waals surface area contributed by atoms with Gasteiger partial charge in [0.2, 0.25) is 0 Å². The Balaban J connectivity index is 1.56. The predicted octanol–water partition coefficient (Wildman–Crippen LogP) is 5.06. The van der Waals surface area contributed by atoms with Crippen LogP contribution >= 0.6 is 0 Å². The van der Waals surface area contributed by atoms with E-state index in [1.54, 1.807) is 41.1 Å². The fourth-order valence-corrected chi connectivity index (χ4v) is 3.72. The number of anilines is 3. The molecular formula is C27H27N5O2. The van der Waals surface area contributed by atoms with Crippen molar-refractivity contribution in [3.05, 3.63) is 101 Å². The summed E-state index contributed by atoms with van der Waals surface area (Å²) in [7, 11) is 3.88. The Hall–Kier alpha value is -4.39.